The normalized spacial score (nSPS) is 12.4. The van der Waals surface area contributed by atoms with E-state index >= 15 is 0 Å². The van der Waals surface area contributed by atoms with E-state index < -0.39 is 24.2 Å². The number of esters is 1. The first-order valence-corrected chi connectivity index (χ1v) is 11.1. The Morgan fingerprint density at radius 2 is 1.80 bits per heavy atom. The molecule has 0 bridgehead atoms. The second-order valence-electron chi connectivity index (χ2n) is 9.03. The number of aromatic nitrogens is 2. The molecule has 186 valence electrons. The van der Waals surface area contributed by atoms with Gasteiger partial charge in [0.25, 0.3) is 5.88 Å². The molecule has 0 spiro atoms. The Morgan fingerprint density at radius 3 is 2.43 bits per heavy atom. The van der Waals surface area contributed by atoms with Crippen LogP contribution in [0.25, 0.3) is 0 Å². The summed E-state index contributed by atoms with van der Waals surface area (Å²) >= 11 is 0. The van der Waals surface area contributed by atoms with E-state index in [2.05, 4.69) is 20.0 Å². The zero-order valence-electron chi connectivity index (χ0n) is 20.3. The van der Waals surface area contributed by atoms with E-state index in [-0.39, 0.29) is 17.7 Å². The summed E-state index contributed by atoms with van der Waals surface area (Å²) in [5, 5.41) is 3.36. The van der Waals surface area contributed by atoms with Crippen LogP contribution in [0, 0.1) is 0 Å². The predicted octanol–water partition coefficient (Wildman–Crippen LogP) is 6.02. The number of ether oxygens (including phenoxy) is 3. The lowest BCUT2D eigenvalue weighted by molar-refractivity contribution is -0.0523. The van der Waals surface area contributed by atoms with Crippen LogP contribution in [0.2, 0.25) is 0 Å². The van der Waals surface area contributed by atoms with Crippen LogP contribution in [-0.2, 0) is 4.74 Å². The average Bonchev–Trinajstić information content (AvgIpc) is 2.78. The number of nitrogens with zero attached hydrogens (tertiary/aromatic N) is 2. The minimum atomic E-state index is -3.01. The van der Waals surface area contributed by atoms with Crippen molar-refractivity contribution in [2.24, 2.45) is 0 Å². The molecule has 0 saturated carbocycles. The molecule has 9 heteroatoms. The van der Waals surface area contributed by atoms with Crippen molar-refractivity contribution in [2.45, 2.75) is 59.0 Å². The molecule has 2 aromatic heterocycles. The van der Waals surface area contributed by atoms with Crippen molar-refractivity contribution in [3.05, 3.63) is 77.7 Å². The summed E-state index contributed by atoms with van der Waals surface area (Å²) in [6, 6.07) is 13.0. The molecule has 0 aliphatic rings. The topological polar surface area (TPSA) is 82.6 Å². The standard InChI is InChI=1S/C26H29F2N3O4/c1-16(2)33-23-21(34-25(27)28)12-11-20(31-23)22(18-9-7-13-29-15-18)30-19-10-6-8-17(14-19)24(32)35-26(3,4)5/h6-16,22,25,30H,1-5H3. The van der Waals surface area contributed by atoms with Crippen molar-refractivity contribution in [1.82, 2.24) is 9.97 Å². The van der Waals surface area contributed by atoms with E-state index in [1.165, 1.54) is 6.07 Å². The molecule has 35 heavy (non-hydrogen) atoms. The zero-order chi connectivity index (χ0) is 25.6. The summed E-state index contributed by atoms with van der Waals surface area (Å²) < 4.78 is 41.5. The second-order valence-corrected chi connectivity index (χ2v) is 9.03. The average molecular weight is 486 g/mol. The lowest BCUT2D eigenvalue weighted by atomic mass is 10.0. The first-order chi connectivity index (χ1) is 16.5. The summed E-state index contributed by atoms with van der Waals surface area (Å²) in [6.07, 6.45) is 3.00. The van der Waals surface area contributed by atoms with Gasteiger partial charge in [-0.25, -0.2) is 9.78 Å². The molecule has 3 aromatic rings. The highest BCUT2D eigenvalue weighted by Gasteiger charge is 2.22. The van der Waals surface area contributed by atoms with Crippen LogP contribution >= 0.6 is 0 Å². The predicted molar refractivity (Wildman–Crippen MR) is 128 cm³/mol. The molecule has 1 unspecified atom stereocenters. The van der Waals surface area contributed by atoms with Gasteiger partial charge in [-0.15, -0.1) is 0 Å². The first kappa shape index (κ1) is 25.9. The lowest BCUT2D eigenvalue weighted by Crippen LogP contribution is -2.24. The largest absolute Gasteiger partial charge is 0.472 e. The zero-order valence-corrected chi connectivity index (χ0v) is 20.3. The number of pyridine rings is 2. The number of carbonyl (C=O) groups excluding carboxylic acids is 1. The van der Waals surface area contributed by atoms with Crippen LogP contribution in [0.15, 0.2) is 60.9 Å². The monoisotopic (exact) mass is 485 g/mol. The highest BCUT2D eigenvalue weighted by molar-refractivity contribution is 5.90. The van der Waals surface area contributed by atoms with Crippen LogP contribution in [0.3, 0.4) is 0 Å². The molecule has 2 heterocycles. The van der Waals surface area contributed by atoms with Gasteiger partial charge in [0.1, 0.15) is 5.60 Å². The fourth-order valence-electron chi connectivity index (χ4n) is 3.21. The highest BCUT2D eigenvalue weighted by atomic mass is 19.3. The van der Waals surface area contributed by atoms with Crippen molar-refractivity contribution in [1.29, 1.82) is 0 Å². The van der Waals surface area contributed by atoms with E-state index in [9.17, 15) is 13.6 Å². The number of anilines is 1. The van der Waals surface area contributed by atoms with Gasteiger partial charge in [0.2, 0.25) is 0 Å². The number of nitrogens with one attached hydrogen (secondary N) is 1. The molecular weight excluding hydrogens is 456 g/mol. The Balaban J connectivity index is 1.99. The van der Waals surface area contributed by atoms with Crippen LogP contribution in [0.1, 0.15) is 62.3 Å². The number of halogens is 2. The van der Waals surface area contributed by atoms with Gasteiger partial charge in [-0.2, -0.15) is 8.78 Å². The van der Waals surface area contributed by atoms with Crippen LogP contribution in [-0.4, -0.2) is 34.3 Å². The summed E-state index contributed by atoms with van der Waals surface area (Å²) in [5.74, 6) is -0.649. The Morgan fingerprint density at radius 1 is 1.03 bits per heavy atom. The molecule has 1 atom stereocenters. The molecule has 0 radical (unpaired) electrons. The van der Waals surface area contributed by atoms with Crippen LogP contribution in [0.5, 0.6) is 11.6 Å². The molecule has 0 saturated heterocycles. The Labute approximate surface area is 203 Å². The summed E-state index contributed by atoms with van der Waals surface area (Å²) in [6.45, 7) is 5.92. The third-order valence-corrected chi connectivity index (χ3v) is 4.53. The van der Waals surface area contributed by atoms with Gasteiger partial charge in [-0.1, -0.05) is 12.1 Å². The minimum absolute atomic E-state index is 0.0454. The van der Waals surface area contributed by atoms with Gasteiger partial charge >= 0.3 is 12.6 Å². The number of hydrogen-bond acceptors (Lipinski definition) is 7. The Bertz CT molecular complexity index is 1130. The molecule has 0 aliphatic heterocycles. The van der Waals surface area contributed by atoms with E-state index in [1.54, 1.807) is 83.4 Å². The Kier molecular flexibility index (Phi) is 8.22. The van der Waals surface area contributed by atoms with Gasteiger partial charge in [-0.3, -0.25) is 4.98 Å². The Hall–Kier alpha value is -3.75. The molecule has 3 rings (SSSR count). The molecule has 0 fully saturated rings. The fourth-order valence-corrected chi connectivity index (χ4v) is 3.21. The van der Waals surface area contributed by atoms with Crippen molar-refractivity contribution >= 4 is 11.7 Å². The van der Waals surface area contributed by atoms with Gasteiger partial charge in [0, 0.05) is 18.1 Å². The minimum Gasteiger partial charge on any atom is -0.472 e. The first-order valence-electron chi connectivity index (χ1n) is 11.1. The smallest absolute Gasteiger partial charge is 0.387 e. The van der Waals surface area contributed by atoms with E-state index in [0.717, 1.165) is 5.56 Å². The van der Waals surface area contributed by atoms with Gasteiger partial charge in [0.15, 0.2) is 5.75 Å². The number of benzene rings is 1. The molecule has 7 nitrogen and oxygen atoms in total. The van der Waals surface area contributed by atoms with Gasteiger partial charge < -0.3 is 19.5 Å². The van der Waals surface area contributed by atoms with Crippen LogP contribution in [0.4, 0.5) is 14.5 Å². The van der Waals surface area contributed by atoms with Gasteiger partial charge in [0.05, 0.1) is 23.4 Å². The maximum Gasteiger partial charge on any atom is 0.387 e. The fraction of sp³-hybridized carbons (Fsp3) is 0.346. The SMILES string of the molecule is CC(C)Oc1nc(C(Nc2cccc(C(=O)OC(C)(C)C)c2)c2cccnc2)ccc1OC(F)F. The third-order valence-electron chi connectivity index (χ3n) is 4.53. The molecule has 0 amide bonds. The summed E-state index contributed by atoms with van der Waals surface area (Å²) in [5.41, 5.74) is 1.63. The van der Waals surface area contributed by atoms with E-state index in [1.807, 2.05) is 6.07 Å². The maximum atomic E-state index is 12.9. The van der Waals surface area contributed by atoms with Crippen molar-refractivity contribution < 1.29 is 27.8 Å². The van der Waals surface area contributed by atoms with E-state index in [0.29, 0.717) is 16.9 Å². The second kappa shape index (κ2) is 11.1. The number of alkyl halides is 2. The third kappa shape index (κ3) is 7.63. The number of rotatable bonds is 9. The van der Waals surface area contributed by atoms with Crippen molar-refractivity contribution in [3.8, 4) is 11.6 Å². The summed E-state index contributed by atoms with van der Waals surface area (Å²) in [4.78, 5) is 21.2. The van der Waals surface area contributed by atoms with E-state index in [4.69, 9.17) is 9.47 Å². The molecule has 1 aromatic carbocycles. The molecular formula is C26H29F2N3O4. The number of hydrogen-bond donors (Lipinski definition) is 1. The highest BCUT2D eigenvalue weighted by Crippen LogP contribution is 2.33. The summed E-state index contributed by atoms with van der Waals surface area (Å²) in [7, 11) is 0. The maximum absolute atomic E-state index is 12.9. The molecule has 1 N–H and O–H groups in total. The number of carbonyl (C=O) groups is 1. The quantitative estimate of drug-likeness (QED) is 0.371. The lowest BCUT2D eigenvalue weighted by Gasteiger charge is -2.23. The molecule has 0 aliphatic carbocycles. The van der Waals surface area contributed by atoms with Gasteiger partial charge in [-0.05, 0) is 76.6 Å². The van der Waals surface area contributed by atoms with Crippen molar-refractivity contribution in [3.63, 3.8) is 0 Å². The van der Waals surface area contributed by atoms with Crippen molar-refractivity contribution in [2.75, 3.05) is 5.32 Å². The van der Waals surface area contributed by atoms with Crippen LogP contribution < -0.4 is 14.8 Å².